The lowest BCUT2D eigenvalue weighted by Crippen LogP contribution is -2.45. The summed E-state index contributed by atoms with van der Waals surface area (Å²) >= 11 is 0. The Morgan fingerprint density at radius 3 is 2.17 bits per heavy atom. The standard InChI is InChI=1S/C13H25N3O7/c1-8(2)10(11(17)18)15(7)16(20)14-23-9(3)21-12(19)22-13(4,5)6/h8-10H,1-7H3,(H,17,18)/t9?,10-/m0/s1. The van der Waals surface area contributed by atoms with E-state index in [1.807, 2.05) is 0 Å². The number of hydrogen-bond acceptors (Lipinski definition) is 7. The number of likely N-dealkylation sites (N-methyl/N-ethyl adjacent to an activating group) is 1. The first-order valence-corrected chi connectivity index (χ1v) is 7.04. The second kappa shape index (κ2) is 8.39. The molecular weight excluding hydrogens is 310 g/mol. The third-order valence-electron chi connectivity index (χ3n) is 2.47. The Morgan fingerprint density at radius 1 is 1.26 bits per heavy atom. The predicted molar refractivity (Wildman–Crippen MR) is 77.9 cm³/mol. The van der Waals surface area contributed by atoms with E-state index in [1.165, 1.54) is 14.0 Å². The van der Waals surface area contributed by atoms with Crippen LogP contribution < -0.4 is 0 Å². The van der Waals surface area contributed by atoms with Crippen molar-refractivity contribution in [2.24, 2.45) is 11.2 Å². The fourth-order valence-electron chi connectivity index (χ4n) is 1.58. The third kappa shape index (κ3) is 8.07. The molecule has 0 bridgehead atoms. The smallest absolute Gasteiger partial charge is 0.511 e. The molecule has 0 radical (unpaired) electrons. The fraction of sp³-hybridized carbons (Fsp3) is 0.846. The first kappa shape index (κ1) is 20.7. The van der Waals surface area contributed by atoms with Gasteiger partial charge in [0.25, 0.3) is 6.29 Å². The predicted octanol–water partition coefficient (Wildman–Crippen LogP) is 2.13. The molecule has 0 rings (SSSR count). The topological polar surface area (TPSA) is 124 Å². The number of carboxylic acid groups (broad SMARTS) is 1. The maximum atomic E-state index is 11.7. The van der Waals surface area contributed by atoms with E-state index in [1.54, 1.807) is 34.6 Å². The van der Waals surface area contributed by atoms with Gasteiger partial charge in [0.05, 0.1) is 12.0 Å². The molecule has 0 aliphatic heterocycles. The molecule has 0 amide bonds. The van der Waals surface area contributed by atoms with E-state index in [-0.39, 0.29) is 10.9 Å². The molecule has 0 saturated heterocycles. The SMILES string of the molecule is CC(ON=[N+]([O-])N(C)[C@H](C(=O)O)C(C)C)OC(=O)OC(C)(C)C. The zero-order valence-electron chi connectivity index (χ0n) is 14.5. The summed E-state index contributed by atoms with van der Waals surface area (Å²) in [5.74, 6) is -1.50. The summed E-state index contributed by atoms with van der Waals surface area (Å²) in [6.07, 6.45) is -2.16. The summed E-state index contributed by atoms with van der Waals surface area (Å²) in [5, 5.41) is 24.8. The van der Waals surface area contributed by atoms with E-state index in [0.717, 1.165) is 5.01 Å². The molecule has 0 spiro atoms. The Kier molecular flexibility index (Phi) is 7.57. The van der Waals surface area contributed by atoms with E-state index >= 15 is 0 Å². The number of hydrazine groups is 1. The van der Waals surface area contributed by atoms with Crippen LogP contribution in [0.25, 0.3) is 0 Å². The summed E-state index contributed by atoms with van der Waals surface area (Å²) in [7, 11) is 1.26. The second-order valence-corrected chi connectivity index (χ2v) is 6.19. The molecule has 2 atom stereocenters. The van der Waals surface area contributed by atoms with Crippen molar-refractivity contribution in [2.45, 2.75) is 59.5 Å². The van der Waals surface area contributed by atoms with E-state index < -0.39 is 30.1 Å². The van der Waals surface area contributed by atoms with Crippen LogP contribution >= 0.6 is 0 Å². The van der Waals surface area contributed by atoms with Crippen molar-refractivity contribution in [3.8, 4) is 0 Å². The highest BCUT2D eigenvalue weighted by Crippen LogP contribution is 2.11. The summed E-state index contributed by atoms with van der Waals surface area (Å²) in [4.78, 5) is 27.2. The largest absolute Gasteiger partial charge is 0.569 e. The van der Waals surface area contributed by atoms with Crippen molar-refractivity contribution in [1.82, 2.24) is 5.01 Å². The molecule has 0 heterocycles. The maximum Gasteiger partial charge on any atom is 0.511 e. The first-order valence-electron chi connectivity index (χ1n) is 7.04. The highest BCUT2D eigenvalue weighted by Gasteiger charge is 2.32. The van der Waals surface area contributed by atoms with Crippen LogP contribution in [0.2, 0.25) is 0 Å². The van der Waals surface area contributed by atoms with Crippen molar-refractivity contribution >= 4 is 12.1 Å². The fourth-order valence-corrected chi connectivity index (χ4v) is 1.58. The van der Waals surface area contributed by atoms with Crippen LogP contribution in [0.1, 0.15) is 41.5 Å². The lowest BCUT2D eigenvalue weighted by Gasteiger charge is -2.23. The average molecular weight is 335 g/mol. The van der Waals surface area contributed by atoms with Gasteiger partial charge in [0.15, 0.2) is 6.04 Å². The van der Waals surface area contributed by atoms with E-state index in [2.05, 4.69) is 5.28 Å². The van der Waals surface area contributed by atoms with Gasteiger partial charge in [-0.1, -0.05) is 13.8 Å². The van der Waals surface area contributed by atoms with Gasteiger partial charge in [-0.05, 0) is 26.7 Å². The molecule has 1 unspecified atom stereocenters. The highest BCUT2D eigenvalue weighted by atomic mass is 16.8. The minimum Gasteiger partial charge on any atom is -0.569 e. The number of hydrogen-bond donors (Lipinski definition) is 1. The zero-order valence-corrected chi connectivity index (χ0v) is 14.5. The van der Waals surface area contributed by atoms with Crippen LogP contribution in [0, 0.1) is 11.1 Å². The van der Waals surface area contributed by atoms with Crippen LogP contribution in [0.15, 0.2) is 5.28 Å². The number of rotatable bonds is 7. The average Bonchev–Trinajstić information content (AvgIpc) is 2.32. The lowest BCUT2D eigenvalue weighted by molar-refractivity contribution is -0.713. The molecule has 10 nitrogen and oxygen atoms in total. The number of nitrogens with zero attached hydrogens (tertiary/aromatic N) is 3. The summed E-state index contributed by atoms with van der Waals surface area (Å²) in [6, 6.07) is -1.08. The molecule has 0 aliphatic rings. The lowest BCUT2D eigenvalue weighted by atomic mass is 10.1. The maximum absolute atomic E-state index is 11.7. The molecule has 23 heavy (non-hydrogen) atoms. The molecule has 0 aromatic rings. The Labute approximate surface area is 135 Å². The molecule has 134 valence electrons. The van der Waals surface area contributed by atoms with Crippen molar-refractivity contribution in [2.75, 3.05) is 7.05 Å². The monoisotopic (exact) mass is 335 g/mol. The van der Waals surface area contributed by atoms with Gasteiger partial charge >= 0.3 is 12.1 Å². The molecule has 0 aromatic carbocycles. The van der Waals surface area contributed by atoms with Crippen molar-refractivity contribution in [3.05, 3.63) is 5.21 Å². The first-order chi connectivity index (χ1) is 10.3. The van der Waals surface area contributed by atoms with Gasteiger partial charge < -0.3 is 19.8 Å². The van der Waals surface area contributed by atoms with Gasteiger partial charge in [-0.2, -0.15) is 0 Å². The molecular formula is C13H25N3O7. The molecule has 0 saturated carbocycles. The van der Waals surface area contributed by atoms with Gasteiger partial charge in [0, 0.05) is 6.92 Å². The van der Waals surface area contributed by atoms with Crippen LogP contribution in [-0.4, -0.2) is 52.2 Å². The summed E-state index contributed by atoms with van der Waals surface area (Å²) in [6.45, 7) is 9.62. The number of ether oxygens (including phenoxy) is 2. The number of aliphatic carboxylic acids is 1. The van der Waals surface area contributed by atoms with E-state index in [9.17, 15) is 14.8 Å². The summed E-state index contributed by atoms with van der Waals surface area (Å²) in [5.41, 5.74) is -0.731. The summed E-state index contributed by atoms with van der Waals surface area (Å²) < 4.78 is 9.64. The number of carbonyl (C=O) groups is 2. The molecule has 0 fully saturated rings. The Bertz CT molecular complexity index is 445. The van der Waals surface area contributed by atoms with Crippen LogP contribution in [0.5, 0.6) is 0 Å². The van der Waals surface area contributed by atoms with E-state index in [4.69, 9.17) is 19.4 Å². The van der Waals surface area contributed by atoms with Crippen molar-refractivity contribution in [3.63, 3.8) is 0 Å². The van der Waals surface area contributed by atoms with Gasteiger partial charge in [0.2, 0.25) is 5.28 Å². The minimum absolute atomic E-state index is 0.0201. The van der Waals surface area contributed by atoms with Gasteiger partial charge in [-0.15, -0.1) is 5.01 Å². The van der Waals surface area contributed by atoms with E-state index in [0.29, 0.717) is 0 Å². The highest BCUT2D eigenvalue weighted by molar-refractivity contribution is 5.73. The minimum atomic E-state index is -1.18. The van der Waals surface area contributed by atoms with Crippen LogP contribution in [0.3, 0.4) is 0 Å². The third-order valence-corrected chi connectivity index (χ3v) is 2.47. The Hall–Kier alpha value is -2.26. The van der Waals surface area contributed by atoms with Crippen LogP contribution in [-0.2, 0) is 19.1 Å². The molecule has 0 aliphatic carbocycles. The Morgan fingerprint density at radius 2 is 1.78 bits per heavy atom. The van der Waals surface area contributed by atoms with Gasteiger partial charge in [-0.3, -0.25) is 4.84 Å². The van der Waals surface area contributed by atoms with Gasteiger partial charge in [0.1, 0.15) is 5.60 Å². The molecule has 10 heteroatoms. The van der Waals surface area contributed by atoms with Gasteiger partial charge in [-0.25, -0.2) is 9.59 Å². The zero-order chi connectivity index (χ0) is 18.4. The second-order valence-electron chi connectivity index (χ2n) is 6.19. The van der Waals surface area contributed by atoms with Crippen LogP contribution in [0.4, 0.5) is 4.79 Å². The Balaban J connectivity index is 4.63. The quantitative estimate of drug-likeness (QED) is 0.247. The number of carboxylic acids is 1. The van der Waals surface area contributed by atoms with Crippen molar-refractivity contribution < 1.29 is 34.0 Å². The number of carbonyl (C=O) groups excluding carboxylic acids is 1. The molecule has 1 N–H and O–H groups in total. The molecule has 0 aromatic heterocycles. The normalized spacial score (nSPS) is 14.9. The van der Waals surface area contributed by atoms with Crippen molar-refractivity contribution in [1.29, 1.82) is 0 Å².